The van der Waals surface area contributed by atoms with Crippen LogP contribution in [0.5, 0.6) is 23.0 Å². The normalized spacial score (nSPS) is 13.7. The molecule has 8 heteroatoms. The predicted molar refractivity (Wildman–Crippen MR) is 173 cm³/mol. The van der Waals surface area contributed by atoms with Gasteiger partial charge in [-0.2, -0.15) is 0 Å². The second-order valence-corrected chi connectivity index (χ2v) is 11.2. The van der Waals surface area contributed by atoms with Gasteiger partial charge in [0, 0.05) is 13.1 Å². The van der Waals surface area contributed by atoms with Gasteiger partial charge in [0.05, 0.1) is 27.9 Å². The first-order valence-corrected chi connectivity index (χ1v) is 14.9. The van der Waals surface area contributed by atoms with Crippen molar-refractivity contribution in [2.45, 2.75) is 19.8 Å². The molecule has 0 saturated carbocycles. The number of hydrogen-bond donors (Lipinski definition) is 0. The van der Waals surface area contributed by atoms with E-state index in [0.29, 0.717) is 45.2 Å². The molecule has 0 radical (unpaired) electrons. The molecule has 0 saturated heterocycles. The van der Waals surface area contributed by atoms with Gasteiger partial charge in [0.15, 0.2) is 0 Å². The highest BCUT2D eigenvalue weighted by Crippen LogP contribution is 2.35. The third kappa shape index (κ3) is 5.09. The first kappa shape index (κ1) is 28.7. The lowest BCUT2D eigenvalue weighted by Gasteiger charge is -2.15. The molecule has 0 aliphatic carbocycles. The molecule has 2 aliphatic rings. The molecule has 0 aromatic heterocycles. The summed E-state index contributed by atoms with van der Waals surface area (Å²) in [6.07, 6.45) is 2.11. The standard InChI is InChI=1S/C38H28N2O6/c1-3-5-23-8-14-27(15-9-23)45-29-6-4-7-30(22-29)46-28-16-12-26(13-17-28)40-37(43)32-19-11-25(21-34(32)38(40)44)24-10-18-31-33(20-24)36(42)39(2)35(31)41/h4,6-22H,3,5H2,1-2H3. The topological polar surface area (TPSA) is 93.2 Å². The van der Waals surface area contributed by atoms with Crippen LogP contribution in [-0.2, 0) is 6.42 Å². The number of aryl methyl sites for hydroxylation is 1. The van der Waals surface area contributed by atoms with E-state index >= 15 is 0 Å². The number of fused-ring (bicyclic) bond motifs is 2. The number of imide groups is 2. The number of nitrogens with zero attached hydrogens (tertiary/aromatic N) is 2. The van der Waals surface area contributed by atoms with E-state index in [1.807, 2.05) is 30.3 Å². The number of carbonyl (C=O) groups is 4. The van der Waals surface area contributed by atoms with Gasteiger partial charge in [0.1, 0.15) is 23.0 Å². The molecule has 226 valence electrons. The summed E-state index contributed by atoms with van der Waals surface area (Å²) in [5.41, 5.74) is 4.21. The van der Waals surface area contributed by atoms with Gasteiger partial charge in [-0.3, -0.25) is 24.1 Å². The molecule has 0 bridgehead atoms. The zero-order valence-electron chi connectivity index (χ0n) is 25.2. The zero-order valence-corrected chi connectivity index (χ0v) is 25.2. The van der Waals surface area contributed by atoms with E-state index in [1.54, 1.807) is 66.7 Å². The van der Waals surface area contributed by atoms with Gasteiger partial charge in [-0.15, -0.1) is 0 Å². The van der Waals surface area contributed by atoms with E-state index in [-0.39, 0.29) is 22.9 Å². The summed E-state index contributed by atoms with van der Waals surface area (Å²) < 4.78 is 12.0. The Hall–Kier alpha value is -6.02. The summed E-state index contributed by atoms with van der Waals surface area (Å²) in [6.45, 7) is 2.15. The van der Waals surface area contributed by atoms with Crippen molar-refractivity contribution in [1.29, 1.82) is 0 Å². The second-order valence-electron chi connectivity index (χ2n) is 11.2. The molecule has 7 rings (SSSR count). The number of amides is 4. The Labute approximate surface area is 265 Å². The number of anilines is 1. The first-order chi connectivity index (χ1) is 22.3. The van der Waals surface area contributed by atoms with Crippen LogP contribution < -0.4 is 14.4 Å². The van der Waals surface area contributed by atoms with Gasteiger partial charge < -0.3 is 9.47 Å². The summed E-state index contributed by atoms with van der Waals surface area (Å²) in [6, 6.07) is 32.0. The summed E-state index contributed by atoms with van der Waals surface area (Å²) >= 11 is 0. The lowest BCUT2D eigenvalue weighted by atomic mass is 9.97. The zero-order chi connectivity index (χ0) is 31.9. The molecule has 0 unspecified atom stereocenters. The van der Waals surface area contributed by atoms with Gasteiger partial charge in [-0.25, -0.2) is 4.90 Å². The molecular weight excluding hydrogens is 580 g/mol. The van der Waals surface area contributed by atoms with Crippen LogP contribution in [0.4, 0.5) is 5.69 Å². The van der Waals surface area contributed by atoms with Gasteiger partial charge in [-0.05, 0) is 95.9 Å². The number of ether oxygens (including phenoxy) is 2. The Morgan fingerprint density at radius 3 is 1.61 bits per heavy atom. The van der Waals surface area contributed by atoms with Crippen molar-refractivity contribution in [3.8, 4) is 34.1 Å². The molecule has 5 aromatic carbocycles. The Morgan fingerprint density at radius 1 is 0.522 bits per heavy atom. The van der Waals surface area contributed by atoms with Crippen LogP contribution in [-0.4, -0.2) is 35.6 Å². The fraction of sp³-hybridized carbons (Fsp3) is 0.105. The van der Waals surface area contributed by atoms with Crippen molar-refractivity contribution in [3.05, 3.63) is 137 Å². The molecule has 2 aliphatic heterocycles. The molecule has 0 spiro atoms. The molecule has 5 aromatic rings. The van der Waals surface area contributed by atoms with Crippen molar-refractivity contribution in [3.63, 3.8) is 0 Å². The van der Waals surface area contributed by atoms with E-state index in [0.717, 1.165) is 28.4 Å². The summed E-state index contributed by atoms with van der Waals surface area (Å²) in [7, 11) is 1.44. The summed E-state index contributed by atoms with van der Waals surface area (Å²) in [5, 5.41) is 0. The largest absolute Gasteiger partial charge is 0.457 e. The fourth-order valence-corrected chi connectivity index (χ4v) is 5.75. The van der Waals surface area contributed by atoms with Gasteiger partial charge >= 0.3 is 0 Å². The highest BCUT2D eigenvalue weighted by molar-refractivity contribution is 6.34. The van der Waals surface area contributed by atoms with Crippen LogP contribution in [0.1, 0.15) is 60.3 Å². The molecular formula is C38H28N2O6. The quantitative estimate of drug-likeness (QED) is 0.166. The van der Waals surface area contributed by atoms with Gasteiger partial charge in [0.25, 0.3) is 23.6 Å². The van der Waals surface area contributed by atoms with Crippen LogP contribution in [0.15, 0.2) is 109 Å². The minimum absolute atomic E-state index is 0.264. The third-order valence-corrected chi connectivity index (χ3v) is 8.14. The van der Waals surface area contributed by atoms with Crippen molar-refractivity contribution in [2.75, 3.05) is 11.9 Å². The Balaban J connectivity index is 1.06. The SMILES string of the molecule is CCCc1ccc(Oc2cccc(Oc3ccc(N4C(=O)c5ccc(-c6ccc7c(c6)C(=O)N(C)C7=O)cc5C4=O)cc3)c2)cc1. The average Bonchev–Trinajstić information content (AvgIpc) is 3.45. The Morgan fingerprint density at radius 2 is 1.02 bits per heavy atom. The molecule has 0 fully saturated rings. The first-order valence-electron chi connectivity index (χ1n) is 14.9. The number of hydrogen-bond acceptors (Lipinski definition) is 6. The third-order valence-electron chi connectivity index (χ3n) is 8.14. The highest BCUT2D eigenvalue weighted by Gasteiger charge is 2.37. The van der Waals surface area contributed by atoms with Crippen molar-refractivity contribution < 1.29 is 28.7 Å². The van der Waals surface area contributed by atoms with E-state index in [9.17, 15) is 19.2 Å². The van der Waals surface area contributed by atoms with Crippen LogP contribution in [0.2, 0.25) is 0 Å². The minimum atomic E-state index is -0.449. The number of benzene rings is 5. The second kappa shape index (κ2) is 11.5. The maximum Gasteiger partial charge on any atom is 0.266 e. The molecule has 2 heterocycles. The Kier molecular flexibility index (Phi) is 7.17. The van der Waals surface area contributed by atoms with Crippen LogP contribution in [0.3, 0.4) is 0 Å². The summed E-state index contributed by atoms with van der Waals surface area (Å²) in [4.78, 5) is 53.8. The maximum atomic E-state index is 13.5. The van der Waals surface area contributed by atoms with E-state index in [4.69, 9.17) is 9.47 Å². The van der Waals surface area contributed by atoms with Crippen molar-refractivity contribution in [1.82, 2.24) is 4.90 Å². The number of rotatable bonds is 8. The number of carbonyl (C=O) groups excluding carboxylic acids is 4. The van der Waals surface area contributed by atoms with Crippen LogP contribution >= 0.6 is 0 Å². The highest BCUT2D eigenvalue weighted by atomic mass is 16.5. The fourth-order valence-electron chi connectivity index (χ4n) is 5.75. The van der Waals surface area contributed by atoms with Crippen molar-refractivity contribution >= 4 is 29.3 Å². The minimum Gasteiger partial charge on any atom is -0.457 e. The van der Waals surface area contributed by atoms with Gasteiger partial charge in [0.2, 0.25) is 0 Å². The molecule has 4 amide bonds. The van der Waals surface area contributed by atoms with E-state index in [2.05, 4.69) is 19.1 Å². The predicted octanol–water partition coefficient (Wildman–Crippen LogP) is 7.92. The van der Waals surface area contributed by atoms with Crippen LogP contribution in [0, 0.1) is 0 Å². The molecule has 46 heavy (non-hydrogen) atoms. The molecule has 0 atom stereocenters. The molecule has 8 nitrogen and oxygen atoms in total. The lowest BCUT2D eigenvalue weighted by molar-refractivity contribution is 0.0692. The van der Waals surface area contributed by atoms with Crippen LogP contribution in [0.25, 0.3) is 11.1 Å². The van der Waals surface area contributed by atoms with Crippen molar-refractivity contribution in [2.24, 2.45) is 0 Å². The van der Waals surface area contributed by atoms with Gasteiger partial charge in [-0.1, -0.05) is 43.7 Å². The monoisotopic (exact) mass is 608 g/mol. The lowest BCUT2D eigenvalue weighted by Crippen LogP contribution is -2.29. The van der Waals surface area contributed by atoms with E-state index < -0.39 is 11.8 Å². The average molecular weight is 609 g/mol. The smallest absolute Gasteiger partial charge is 0.266 e. The molecule has 0 N–H and O–H groups in total. The summed E-state index contributed by atoms with van der Waals surface area (Å²) in [5.74, 6) is 0.876. The van der Waals surface area contributed by atoms with E-state index in [1.165, 1.54) is 12.6 Å². The maximum absolute atomic E-state index is 13.5. The Bertz CT molecular complexity index is 2050.